The maximum Gasteiger partial charge on any atom is 0.270 e. The van der Waals surface area contributed by atoms with Gasteiger partial charge in [0.1, 0.15) is 23.0 Å². The van der Waals surface area contributed by atoms with Gasteiger partial charge < -0.3 is 10.6 Å². The third-order valence-electron chi connectivity index (χ3n) is 2.49. The maximum atomic E-state index is 13.5. The van der Waals surface area contributed by atoms with Crippen molar-refractivity contribution in [3.8, 4) is 0 Å². The summed E-state index contributed by atoms with van der Waals surface area (Å²) in [4.78, 5) is 19.4. The van der Waals surface area contributed by atoms with Crippen LogP contribution in [-0.4, -0.2) is 22.4 Å². The van der Waals surface area contributed by atoms with E-state index in [1.54, 1.807) is 0 Å². The first kappa shape index (κ1) is 14.6. The molecule has 2 aromatic rings. The third-order valence-corrected chi connectivity index (χ3v) is 2.49. The molecule has 0 aliphatic heterocycles. The number of para-hydroxylation sites is 1. The van der Waals surface area contributed by atoms with Gasteiger partial charge in [0.2, 0.25) is 5.95 Å². The van der Waals surface area contributed by atoms with Crippen LogP contribution in [0.4, 0.5) is 20.4 Å². The van der Waals surface area contributed by atoms with Crippen LogP contribution in [0.25, 0.3) is 0 Å². The lowest BCUT2D eigenvalue weighted by Crippen LogP contribution is -2.24. The Balaban J connectivity index is 2.22. The molecular weight excluding hydrogens is 278 g/mol. The molecule has 1 aromatic carbocycles. The number of benzene rings is 1. The van der Waals surface area contributed by atoms with Crippen LogP contribution in [-0.2, 0) is 0 Å². The Labute approximate surface area is 119 Å². The molecular formula is C14H12F2N4O. The van der Waals surface area contributed by atoms with Gasteiger partial charge in [0.05, 0.1) is 0 Å². The number of amides is 1. The Morgan fingerprint density at radius 1 is 1.29 bits per heavy atom. The number of rotatable bonds is 5. The van der Waals surface area contributed by atoms with Crippen molar-refractivity contribution in [1.29, 1.82) is 0 Å². The second-order valence-corrected chi connectivity index (χ2v) is 3.99. The van der Waals surface area contributed by atoms with Crippen molar-refractivity contribution in [1.82, 2.24) is 15.3 Å². The molecule has 0 atom stereocenters. The zero-order valence-electron chi connectivity index (χ0n) is 10.9. The number of nitrogens with one attached hydrogen (secondary N) is 2. The van der Waals surface area contributed by atoms with E-state index in [2.05, 4.69) is 27.2 Å². The second-order valence-electron chi connectivity index (χ2n) is 3.99. The summed E-state index contributed by atoms with van der Waals surface area (Å²) in [5.41, 5.74) is -0.299. The lowest BCUT2D eigenvalue weighted by Gasteiger charge is -2.08. The molecule has 2 N–H and O–H groups in total. The Kier molecular flexibility index (Phi) is 4.55. The number of nitrogens with zero attached hydrogens (tertiary/aromatic N) is 2. The highest BCUT2D eigenvalue weighted by atomic mass is 19.1. The highest BCUT2D eigenvalue weighted by Crippen LogP contribution is 2.20. The fourth-order valence-corrected chi connectivity index (χ4v) is 1.53. The molecule has 5 nitrogen and oxygen atoms in total. The SMILES string of the molecule is C=CCNC(=O)c1ccnc(Nc2c(F)cccc2F)n1. The lowest BCUT2D eigenvalue weighted by molar-refractivity contribution is 0.0953. The van der Waals surface area contributed by atoms with Crippen molar-refractivity contribution in [2.45, 2.75) is 0 Å². The highest BCUT2D eigenvalue weighted by molar-refractivity contribution is 5.92. The summed E-state index contributed by atoms with van der Waals surface area (Å²) in [6, 6.07) is 4.84. The molecule has 1 amide bonds. The molecule has 1 heterocycles. The average Bonchev–Trinajstić information content (AvgIpc) is 2.49. The molecule has 7 heteroatoms. The number of anilines is 2. The highest BCUT2D eigenvalue weighted by Gasteiger charge is 2.12. The van der Waals surface area contributed by atoms with Gasteiger partial charge in [0.25, 0.3) is 5.91 Å². The van der Waals surface area contributed by atoms with Crippen LogP contribution in [0, 0.1) is 11.6 Å². The fraction of sp³-hybridized carbons (Fsp3) is 0.0714. The summed E-state index contributed by atoms with van der Waals surface area (Å²) in [5, 5.41) is 4.96. The van der Waals surface area contributed by atoms with E-state index in [1.807, 2.05) is 0 Å². The Morgan fingerprint density at radius 2 is 2.00 bits per heavy atom. The van der Waals surface area contributed by atoms with E-state index in [0.717, 1.165) is 12.1 Å². The first-order chi connectivity index (χ1) is 10.1. The van der Waals surface area contributed by atoms with Gasteiger partial charge in [0.15, 0.2) is 0 Å². The standard InChI is InChI=1S/C14H12F2N4O/c1-2-7-17-13(21)11-6-8-18-14(19-11)20-12-9(15)4-3-5-10(12)16/h2-6,8H,1,7H2,(H,17,21)(H,18,19,20). The molecule has 0 radical (unpaired) electrons. The summed E-state index contributed by atoms with van der Waals surface area (Å²) in [7, 11) is 0. The first-order valence-electron chi connectivity index (χ1n) is 6.05. The monoisotopic (exact) mass is 290 g/mol. The van der Waals surface area contributed by atoms with Gasteiger partial charge in [-0.1, -0.05) is 12.1 Å². The quantitative estimate of drug-likeness (QED) is 0.830. The molecule has 108 valence electrons. The van der Waals surface area contributed by atoms with Crippen molar-refractivity contribution >= 4 is 17.5 Å². The Hall–Kier alpha value is -2.83. The van der Waals surface area contributed by atoms with Crippen molar-refractivity contribution in [2.24, 2.45) is 0 Å². The number of aromatic nitrogens is 2. The predicted molar refractivity (Wildman–Crippen MR) is 74.2 cm³/mol. The molecule has 0 spiro atoms. The summed E-state index contributed by atoms with van der Waals surface area (Å²) >= 11 is 0. The van der Waals surface area contributed by atoms with E-state index in [9.17, 15) is 13.6 Å². The van der Waals surface area contributed by atoms with E-state index >= 15 is 0 Å². The molecule has 0 fully saturated rings. The second kappa shape index (κ2) is 6.56. The fourth-order valence-electron chi connectivity index (χ4n) is 1.53. The molecule has 2 rings (SSSR count). The topological polar surface area (TPSA) is 66.9 Å². The summed E-state index contributed by atoms with van der Waals surface area (Å²) in [6.45, 7) is 3.76. The van der Waals surface area contributed by atoms with Crippen molar-refractivity contribution in [3.05, 3.63) is 60.4 Å². The predicted octanol–water partition coefficient (Wildman–Crippen LogP) is 2.41. The molecule has 0 saturated carbocycles. The minimum Gasteiger partial charge on any atom is -0.347 e. The van der Waals surface area contributed by atoms with Crippen LogP contribution in [0.3, 0.4) is 0 Å². The smallest absolute Gasteiger partial charge is 0.270 e. The van der Waals surface area contributed by atoms with Crippen molar-refractivity contribution in [3.63, 3.8) is 0 Å². The van der Waals surface area contributed by atoms with Crippen LogP contribution in [0.5, 0.6) is 0 Å². The molecule has 0 aliphatic carbocycles. The Bertz CT molecular complexity index is 656. The van der Waals surface area contributed by atoms with Crippen LogP contribution in [0.1, 0.15) is 10.5 Å². The normalized spacial score (nSPS) is 10.0. The van der Waals surface area contributed by atoms with Gasteiger partial charge in [-0.15, -0.1) is 6.58 Å². The van der Waals surface area contributed by atoms with E-state index in [-0.39, 0.29) is 23.9 Å². The van der Waals surface area contributed by atoms with Crippen LogP contribution in [0.2, 0.25) is 0 Å². The average molecular weight is 290 g/mol. The minimum absolute atomic E-state index is 0.0751. The van der Waals surface area contributed by atoms with Gasteiger partial charge in [-0.05, 0) is 18.2 Å². The zero-order chi connectivity index (χ0) is 15.2. The number of hydrogen-bond acceptors (Lipinski definition) is 4. The first-order valence-corrected chi connectivity index (χ1v) is 6.05. The number of carbonyl (C=O) groups is 1. The van der Waals surface area contributed by atoms with Gasteiger partial charge in [0, 0.05) is 12.7 Å². The van der Waals surface area contributed by atoms with E-state index in [4.69, 9.17) is 0 Å². The minimum atomic E-state index is -0.778. The summed E-state index contributed by atoms with van der Waals surface area (Å²) in [6.07, 6.45) is 2.84. The number of carbonyl (C=O) groups excluding carboxylic acids is 1. The number of halogens is 2. The van der Waals surface area contributed by atoms with Gasteiger partial charge in [-0.3, -0.25) is 4.79 Å². The maximum absolute atomic E-state index is 13.5. The van der Waals surface area contributed by atoms with E-state index in [0.29, 0.717) is 0 Å². The number of hydrogen-bond donors (Lipinski definition) is 2. The molecule has 0 saturated heterocycles. The largest absolute Gasteiger partial charge is 0.347 e. The molecule has 21 heavy (non-hydrogen) atoms. The van der Waals surface area contributed by atoms with E-state index < -0.39 is 17.5 Å². The third kappa shape index (κ3) is 3.59. The van der Waals surface area contributed by atoms with Gasteiger partial charge in [-0.25, -0.2) is 18.7 Å². The summed E-state index contributed by atoms with van der Waals surface area (Å²) in [5.74, 6) is -2.07. The molecule has 0 aliphatic rings. The van der Waals surface area contributed by atoms with Crippen molar-refractivity contribution in [2.75, 3.05) is 11.9 Å². The van der Waals surface area contributed by atoms with Gasteiger partial charge in [-0.2, -0.15) is 0 Å². The van der Waals surface area contributed by atoms with Crippen LogP contribution < -0.4 is 10.6 Å². The summed E-state index contributed by atoms with van der Waals surface area (Å²) < 4.78 is 27.0. The van der Waals surface area contributed by atoms with Crippen LogP contribution in [0.15, 0.2) is 43.1 Å². The van der Waals surface area contributed by atoms with E-state index in [1.165, 1.54) is 24.4 Å². The van der Waals surface area contributed by atoms with Crippen LogP contribution >= 0.6 is 0 Å². The molecule has 1 aromatic heterocycles. The Morgan fingerprint density at radius 3 is 2.67 bits per heavy atom. The molecule has 0 unspecified atom stereocenters. The lowest BCUT2D eigenvalue weighted by atomic mass is 10.3. The molecule has 0 bridgehead atoms. The zero-order valence-corrected chi connectivity index (χ0v) is 10.9. The van der Waals surface area contributed by atoms with Gasteiger partial charge >= 0.3 is 0 Å². The van der Waals surface area contributed by atoms with Crippen molar-refractivity contribution < 1.29 is 13.6 Å².